The Balaban J connectivity index is 1.52. The van der Waals surface area contributed by atoms with E-state index in [1.807, 2.05) is 6.92 Å². The molecule has 0 spiro atoms. The van der Waals surface area contributed by atoms with E-state index >= 15 is 0 Å². The number of fused-ring (bicyclic) bond motifs is 1. The molecular formula is C30H40FNO4. The second-order valence-electron chi connectivity index (χ2n) is 10.3. The molecule has 5 nitrogen and oxygen atoms in total. The van der Waals surface area contributed by atoms with Gasteiger partial charge in [-0.15, -0.1) is 0 Å². The first kappa shape index (κ1) is 28.0. The molecule has 2 atom stereocenters. The smallest absolute Gasteiger partial charge is 0.330 e. The molecule has 0 unspecified atom stereocenters. The van der Waals surface area contributed by atoms with Crippen LogP contribution in [0.5, 0.6) is 0 Å². The summed E-state index contributed by atoms with van der Waals surface area (Å²) >= 11 is 0. The number of ether oxygens (including phenoxy) is 2. The van der Waals surface area contributed by atoms with Crippen molar-refractivity contribution in [1.29, 1.82) is 0 Å². The number of rotatable bonds is 13. The van der Waals surface area contributed by atoms with Crippen molar-refractivity contribution in [2.24, 2.45) is 5.92 Å². The summed E-state index contributed by atoms with van der Waals surface area (Å²) in [7, 11) is 0. The average Bonchev–Trinajstić information content (AvgIpc) is 3.24. The summed E-state index contributed by atoms with van der Waals surface area (Å²) in [6.07, 6.45) is 5.65. The normalized spacial score (nSPS) is 15.7. The summed E-state index contributed by atoms with van der Waals surface area (Å²) < 4.78 is 25.0. The second kappa shape index (κ2) is 13.1. The van der Waals surface area contributed by atoms with Gasteiger partial charge in [-0.2, -0.15) is 0 Å². The summed E-state index contributed by atoms with van der Waals surface area (Å²) in [5.74, 6) is -0.234. The Morgan fingerprint density at radius 3 is 2.53 bits per heavy atom. The van der Waals surface area contributed by atoms with Gasteiger partial charge in [-0.05, 0) is 92.8 Å². The van der Waals surface area contributed by atoms with E-state index in [1.165, 1.54) is 29.3 Å². The number of carbonyl (C=O) groups is 1. The summed E-state index contributed by atoms with van der Waals surface area (Å²) in [6.45, 7) is 8.85. The molecule has 0 fully saturated rings. The molecule has 2 aromatic carbocycles. The van der Waals surface area contributed by atoms with Crippen LogP contribution in [-0.2, 0) is 27.1 Å². The molecular weight excluding hydrogens is 457 g/mol. The van der Waals surface area contributed by atoms with Crippen LogP contribution >= 0.6 is 0 Å². The van der Waals surface area contributed by atoms with Crippen LogP contribution in [0.25, 0.3) is 6.08 Å². The summed E-state index contributed by atoms with van der Waals surface area (Å²) in [5.41, 5.74) is 4.10. The van der Waals surface area contributed by atoms with Gasteiger partial charge in [0.1, 0.15) is 5.82 Å². The Hall–Kier alpha value is -2.54. The van der Waals surface area contributed by atoms with E-state index in [0.717, 1.165) is 19.3 Å². The topological polar surface area (TPSA) is 67.8 Å². The lowest BCUT2D eigenvalue weighted by Crippen LogP contribution is -2.45. The minimum absolute atomic E-state index is 0.119. The fourth-order valence-corrected chi connectivity index (χ4v) is 5.02. The lowest BCUT2D eigenvalue weighted by molar-refractivity contribution is -0.137. The molecule has 196 valence electrons. The third-order valence-electron chi connectivity index (χ3n) is 6.69. The van der Waals surface area contributed by atoms with Gasteiger partial charge in [0.25, 0.3) is 0 Å². The lowest BCUT2D eigenvalue weighted by atomic mass is 9.88. The van der Waals surface area contributed by atoms with E-state index in [-0.39, 0.29) is 24.6 Å². The number of esters is 1. The molecule has 0 saturated heterocycles. The van der Waals surface area contributed by atoms with Crippen molar-refractivity contribution >= 4 is 12.0 Å². The second-order valence-corrected chi connectivity index (χ2v) is 10.3. The average molecular weight is 498 g/mol. The van der Waals surface area contributed by atoms with Crippen molar-refractivity contribution in [2.75, 3.05) is 19.8 Å². The zero-order valence-electron chi connectivity index (χ0n) is 21.9. The molecule has 0 heterocycles. The van der Waals surface area contributed by atoms with E-state index in [4.69, 9.17) is 9.47 Å². The number of aliphatic hydroxyl groups is 1. The van der Waals surface area contributed by atoms with Crippen LogP contribution in [0.1, 0.15) is 68.9 Å². The molecule has 1 aliphatic carbocycles. The van der Waals surface area contributed by atoms with Crippen molar-refractivity contribution in [3.05, 3.63) is 76.6 Å². The number of halogens is 1. The summed E-state index contributed by atoms with van der Waals surface area (Å²) in [6, 6.07) is 13.0. The van der Waals surface area contributed by atoms with Gasteiger partial charge in [0.15, 0.2) is 0 Å². The molecule has 36 heavy (non-hydrogen) atoms. The largest absolute Gasteiger partial charge is 0.463 e. The van der Waals surface area contributed by atoms with Crippen LogP contribution in [0.2, 0.25) is 0 Å². The minimum atomic E-state index is -0.703. The molecule has 3 rings (SSSR count). The predicted octanol–water partition coefficient (Wildman–Crippen LogP) is 5.40. The summed E-state index contributed by atoms with van der Waals surface area (Å²) in [5, 5.41) is 14.1. The zero-order valence-corrected chi connectivity index (χ0v) is 21.9. The van der Waals surface area contributed by atoms with Crippen molar-refractivity contribution in [3.8, 4) is 0 Å². The zero-order chi connectivity index (χ0) is 26.1. The fraction of sp³-hybridized carbons (Fsp3) is 0.500. The van der Waals surface area contributed by atoms with Gasteiger partial charge in [0.05, 0.1) is 25.4 Å². The Morgan fingerprint density at radius 2 is 1.89 bits per heavy atom. The molecule has 1 aliphatic rings. The molecule has 2 N–H and O–H groups in total. The maximum Gasteiger partial charge on any atom is 0.330 e. The van der Waals surface area contributed by atoms with Crippen LogP contribution in [0, 0.1) is 11.7 Å². The summed E-state index contributed by atoms with van der Waals surface area (Å²) in [4.78, 5) is 11.7. The molecule has 0 amide bonds. The molecule has 0 saturated carbocycles. The van der Waals surface area contributed by atoms with Gasteiger partial charge in [-0.3, -0.25) is 0 Å². The Morgan fingerprint density at radius 1 is 1.19 bits per heavy atom. The van der Waals surface area contributed by atoms with Crippen molar-refractivity contribution < 1.29 is 23.8 Å². The van der Waals surface area contributed by atoms with Crippen molar-refractivity contribution in [1.82, 2.24) is 5.32 Å². The van der Waals surface area contributed by atoms with Gasteiger partial charge in [0, 0.05) is 18.2 Å². The first-order chi connectivity index (χ1) is 17.2. The maximum atomic E-state index is 14.0. The quantitative estimate of drug-likeness (QED) is 0.286. The van der Waals surface area contributed by atoms with Gasteiger partial charge in [-0.1, -0.05) is 37.3 Å². The number of benzene rings is 2. The van der Waals surface area contributed by atoms with Crippen LogP contribution in [0.3, 0.4) is 0 Å². The van der Waals surface area contributed by atoms with Gasteiger partial charge >= 0.3 is 5.97 Å². The third kappa shape index (κ3) is 8.26. The number of aliphatic hydroxyl groups excluding tert-OH is 1. The van der Waals surface area contributed by atoms with E-state index in [2.05, 4.69) is 43.4 Å². The van der Waals surface area contributed by atoms with E-state index in [0.29, 0.717) is 30.0 Å². The molecule has 6 heteroatoms. The lowest BCUT2D eigenvalue weighted by Gasteiger charge is -2.31. The molecule has 2 aromatic rings. The molecule has 0 radical (unpaired) electrons. The highest BCUT2D eigenvalue weighted by molar-refractivity contribution is 5.87. The highest BCUT2D eigenvalue weighted by atomic mass is 19.1. The van der Waals surface area contributed by atoms with Crippen molar-refractivity contribution in [2.45, 2.75) is 71.1 Å². The van der Waals surface area contributed by atoms with E-state index < -0.39 is 18.2 Å². The third-order valence-corrected chi connectivity index (χ3v) is 6.69. The standard InChI is InChI=1S/C30H40FNO4/c1-5-28(27-17-25(31)13-11-22(27)12-14-29(34)35-6-2)36-20-26(33)19-32-30(3,4)18-21-15-23-9-7-8-10-24(23)16-21/h7-14,17,21,26,28,32-33H,5-6,15-16,18-20H2,1-4H3/b14-12+/t26-,28-/m1/s1. The van der Waals surface area contributed by atoms with Crippen LogP contribution in [-0.4, -0.2) is 42.5 Å². The van der Waals surface area contributed by atoms with E-state index in [9.17, 15) is 14.3 Å². The number of β-amino-alcohol motifs (C(OH)–C–C–N with tert-alkyl or cyclic N) is 1. The fourth-order valence-electron chi connectivity index (χ4n) is 5.02. The molecule has 0 aliphatic heterocycles. The SMILES string of the molecule is CCOC(=O)/C=C/c1ccc(F)cc1[C@@H](CC)OC[C@H](O)CNC(C)(C)CC1Cc2ccccc2C1. The highest BCUT2D eigenvalue weighted by Gasteiger charge is 2.28. The number of hydrogen-bond acceptors (Lipinski definition) is 5. The van der Waals surface area contributed by atoms with Gasteiger partial charge in [-0.25, -0.2) is 9.18 Å². The monoisotopic (exact) mass is 497 g/mol. The van der Waals surface area contributed by atoms with E-state index in [1.54, 1.807) is 19.1 Å². The first-order valence-corrected chi connectivity index (χ1v) is 13.0. The van der Waals surface area contributed by atoms with Gasteiger partial charge < -0.3 is 19.9 Å². The van der Waals surface area contributed by atoms with Crippen LogP contribution < -0.4 is 5.32 Å². The minimum Gasteiger partial charge on any atom is -0.463 e. The highest BCUT2D eigenvalue weighted by Crippen LogP contribution is 2.32. The van der Waals surface area contributed by atoms with Crippen LogP contribution in [0.4, 0.5) is 4.39 Å². The van der Waals surface area contributed by atoms with Crippen LogP contribution in [0.15, 0.2) is 48.5 Å². The molecule has 0 aromatic heterocycles. The Labute approximate surface area is 214 Å². The first-order valence-electron chi connectivity index (χ1n) is 13.0. The Bertz CT molecular complexity index is 1010. The Kier molecular flexibility index (Phi) is 10.2. The number of nitrogens with one attached hydrogen (secondary N) is 1. The van der Waals surface area contributed by atoms with Gasteiger partial charge in [0.2, 0.25) is 0 Å². The number of carbonyl (C=O) groups excluding carboxylic acids is 1. The number of hydrogen-bond donors (Lipinski definition) is 2. The van der Waals surface area contributed by atoms with Crippen molar-refractivity contribution in [3.63, 3.8) is 0 Å². The predicted molar refractivity (Wildman–Crippen MR) is 141 cm³/mol. The molecule has 0 bridgehead atoms. The maximum absolute atomic E-state index is 14.0.